The van der Waals surface area contributed by atoms with Gasteiger partial charge in [-0.15, -0.1) is 0 Å². The van der Waals surface area contributed by atoms with Gasteiger partial charge in [-0.2, -0.15) is 0 Å². The maximum Gasteiger partial charge on any atom is 0.257 e. The molecule has 0 fully saturated rings. The van der Waals surface area contributed by atoms with Crippen LogP contribution in [0.15, 0.2) is 41.4 Å². The molecule has 2 aromatic carbocycles. The number of aliphatic imine (C=N–C) groups is 1. The van der Waals surface area contributed by atoms with Crippen LogP contribution < -0.4 is 4.74 Å². The minimum absolute atomic E-state index is 0.0646. The summed E-state index contributed by atoms with van der Waals surface area (Å²) in [6.45, 7) is 6.42. The molecule has 0 heterocycles. The van der Waals surface area contributed by atoms with Crippen molar-refractivity contribution in [3.05, 3.63) is 58.7 Å². The highest BCUT2D eigenvalue weighted by atomic mass is 16.5. The van der Waals surface area contributed by atoms with Crippen LogP contribution in [0.4, 0.5) is 5.69 Å². The molecule has 0 radical (unpaired) electrons. The molecule has 0 saturated heterocycles. The second-order valence-corrected chi connectivity index (χ2v) is 5.81. The lowest BCUT2D eigenvalue weighted by atomic mass is 10.1. The van der Waals surface area contributed by atoms with Crippen molar-refractivity contribution in [2.75, 3.05) is 14.2 Å². The lowest BCUT2D eigenvalue weighted by Crippen LogP contribution is -2.27. The van der Waals surface area contributed by atoms with Crippen molar-refractivity contribution in [2.45, 2.75) is 27.3 Å². The van der Waals surface area contributed by atoms with Crippen molar-refractivity contribution in [1.82, 2.24) is 4.90 Å². The van der Waals surface area contributed by atoms with E-state index in [4.69, 9.17) is 4.74 Å². The Morgan fingerprint density at radius 1 is 1.21 bits per heavy atom. The highest BCUT2D eigenvalue weighted by Crippen LogP contribution is 2.30. The fourth-order valence-electron chi connectivity index (χ4n) is 2.61. The second-order valence-electron chi connectivity index (χ2n) is 5.81. The summed E-state index contributed by atoms with van der Waals surface area (Å²) in [5.41, 5.74) is 4.62. The molecule has 126 valence electrons. The van der Waals surface area contributed by atoms with Gasteiger partial charge in [0.1, 0.15) is 5.75 Å². The van der Waals surface area contributed by atoms with Crippen molar-refractivity contribution in [3.63, 3.8) is 0 Å². The molecule has 0 atom stereocenters. The van der Waals surface area contributed by atoms with E-state index >= 15 is 0 Å². The van der Waals surface area contributed by atoms with E-state index in [1.807, 2.05) is 51.2 Å². The fraction of sp³-hybridized carbons (Fsp3) is 0.300. The van der Waals surface area contributed by atoms with Gasteiger partial charge in [0, 0.05) is 25.9 Å². The molecule has 0 unspecified atom stereocenters. The van der Waals surface area contributed by atoms with Gasteiger partial charge < -0.3 is 9.64 Å². The van der Waals surface area contributed by atoms with Gasteiger partial charge in [0.25, 0.3) is 5.91 Å². The van der Waals surface area contributed by atoms with E-state index < -0.39 is 0 Å². The van der Waals surface area contributed by atoms with Crippen molar-refractivity contribution in [1.29, 1.82) is 0 Å². The topological polar surface area (TPSA) is 41.9 Å². The molecule has 2 rings (SSSR count). The molecular formula is C20H24N2O2. The fourth-order valence-corrected chi connectivity index (χ4v) is 2.61. The molecule has 0 aliphatic rings. The molecule has 0 bridgehead atoms. The summed E-state index contributed by atoms with van der Waals surface area (Å²) in [7, 11) is 3.38. The zero-order valence-electron chi connectivity index (χ0n) is 15.0. The highest BCUT2D eigenvalue weighted by molar-refractivity contribution is 5.97. The first-order chi connectivity index (χ1) is 11.5. The van der Waals surface area contributed by atoms with E-state index in [1.54, 1.807) is 18.2 Å². The van der Waals surface area contributed by atoms with Crippen LogP contribution in [-0.2, 0) is 6.54 Å². The van der Waals surface area contributed by atoms with Gasteiger partial charge in [-0.05, 0) is 43.5 Å². The number of hydrogen-bond donors (Lipinski definition) is 0. The van der Waals surface area contributed by atoms with Crippen molar-refractivity contribution >= 4 is 17.8 Å². The third-order valence-corrected chi connectivity index (χ3v) is 4.03. The molecule has 0 aliphatic heterocycles. The number of benzene rings is 2. The number of amides is 1. The SMILES string of the molecule is C/C=N/c1cc(OC)c(C(=O)N(C)Cc2ccccc2C)cc1C. The Balaban J connectivity index is 2.31. The summed E-state index contributed by atoms with van der Waals surface area (Å²) < 4.78 is 5.41. The first-order valence-electron chi connectivity index (χ1n) is 7.95. The Labute approximate surface area is 143 Å². The van der Waals surface area contributed by atoms with E-state index in [2.05, 4.69) is 18.0 Å². The third-order valence-electron chi connectivity index (χ3n) is 4.03. The Hall–Kier alpha value is -2.62. The molecule has 2 aromatic rings. The average Bonchev–Trinajstić information content (AvgIpc) is 2.57. The van der Waals surface area contributed by atoms with Gasteiger partial charge >= 0.3 is 0 Å². The Morgan fingerprint density at radius 3 is 2.54 bits per heavy atom. The summed E-state index contributed by atoms with van der Waals surface area (Å²) in [6, 6.07) is 11.7. The van der Waals surface area contributed by atoms with Gasteiger partial charge in [0.15, 0.2) is 0 Å². The molecule has 0 saturated carbocycles. The number of carbonyl (C=O) groups excluding carboxylic acids is 1. The van der Waals surface area contributed by atoms with E-state index in [0.717, 1.165) is 16.8 Å². The van der Waals surface area contributed by atoms with Gasteiger partial charge in [-0.3, -0.25) is 9.79 Å². The van der Waals surface area contributed by atoms with Crippen LogP contribution in [-0.4, -0.2) is 31.2 Å². The molecule has 0 aromatic heterocycles. The van der Waals surface area contributed by atoms with Crippen LogP contribution in [0.5, 0.6) is 5.75 Å². The summed E-state index contributed by atoms with van der Waals surface area (Å²) in [5, 5.41) is 0. The summed E-state index contributed by atoms with van der Waals surface area (Å²) in [6.07, 6.45) is 1.73. The number of rotatable bonds is 5. The van der Waals surface area contributed by atoms with Crippen LogP contribution in [0.3, 0.4) is 0 Å². The largest absolute Gasteiger partial charge is 0.496 e. The zero-order valence-corrected chi connectivity index (χ0v) is 15.0. The predicted octanol–water partition coefficient (Wildman–Crippen LogP) is 4.31. The standard InChI is InChI=1S/C20H24N2O2/c1-6-21-18-12-19(24-5)17(11-15(18)3)20(23)22(4)13-16-10-8-7-9-14(16)2/h6-12H,13H2,1-5H3/b21-6+. The number of hydrogen-bond acceptors (Lipinski definition) is 3. The minimum atomic E-state index is -0.0646. The summed E-state index contributed by atoms with van der Waals surface area (Å²) in [4.78, 5) is 18.9. The molecule has 24 heavy (non-hydrogen) atoms. The second kappa shape index (κ2) is 7.77. The van der Waals surface area contributed by atoms with Crippen molar-refractivity contribution < 1.29 is 9.53 Å². The molecular weight excluding hydrogens is 300 g/mol. The molecule has 0 N–H and O–H groups in total. The van der Waals surface area contributed by atoms with Gasteiger partial charge in [-0.1, -0.05) is 24.3 Å². The molecule has 0 spiro atoms. The highest BCUT2D eigenvalue weighted by Gasteiger charge is 2.19. The van der Waals surface area contributed by atoms with Gasteiger partial charge in [-0.25, -0.2) is 0 Å². The Bertz CT molecular complexity index is 766. The van der Waals surface area contributed by atoms with Crippen molar-refractivity contribution in [2.24, 2.45) is 4.99 Å². The quantitative estimate of drug-likeness (QED) is 0.769. The van der Waals surface area contributed by atoms with Crippen LogP contribution in [0, 0.1) is 13.8 Å². The molecule has 0 aliphatic carbocycles. The van der Waals surface area contributed by atoms with Gasteiger partial charge in [0.2, 0.25) is 0 Å². The number of methoxy groups -OCH3 is 1. The third kappa shape index (κ3) is 3.82. The average molecular weight is 324 g/mol. The number of ether oxygens (including phenoxy) is 1. The van der Waals surface area contributed by atoms with Gasteiger partial charge in [0.05, 0.1) is 18.4 Å². The van der Waals surface area contributed by atoms with E-state index in [-0.39, 0.29) is 5.91 Å². The Morgan fingerprint density at radius 2 is 1.92 bits per heavy atom. The smallest absolute Gasteiger partial charge is 0.257 e. The number of carbonyl (C=O) groups is 1. The maximum absolute atomic E-state index is 12.9. The van der Waals surface area contributed by atoms with E-state index in [0.29, 0.717) is 17.9 Å². The van der Waals surface area contributed by atoms with E-state index in [1.165, 1.54) is 5.56 Å². The molecule has 4 nitrogen and oxygen atoms in total. The molecule has 4 heteroatoms. The van der Waals surface area contributed by atoms with Crippen LogP contribution in [0.1, 0.15) is 34.0 Å². The first-order valence-corrected chi connectivity index (χ1v) is 7.95. The lowest BCUT2D eigenvalue weighted by molar-refractivity contribution is 0.0781. The first kappa shape index (κ1) is 17.7. The number of aryl methyl sites for hydroxylation is 2. The number of nitrogens with zero attached hydrogens (tertiary/aromatic N) is 2. The molecule has 1 amide bonds. The predicted molar refractivity (Wildman–Crippen MR) is 98.5 cm³/mol. The summed E-state index contributed by atoms with van der Waals surface area (Å²) in [5.74, 6) is 0.480. The Kier molecular flexibility index (Phi) is 5.74. The van der Waals surface area contributed by atoms with Crippen LogP contribution in [0.2, 0.25) is 0 Å². The maximum atomic E-state index is 12.9. The minimum Gasteiger partial charge on any atom is -0.496 e. The normalized spacial score (nSPS) is 10.9. The summed E-state index contributed by atoms with van der Waals surface area (Å²) >= 11 is 0. The lowest BCUT2D eigenvalue weighted by Gasteiger charge is -2.20. The van der Waals surface area contributed by atoms with Crippen molar-refractivity contribution in [3.8, 4) is 5.75 Å². The van der Waals surface area contributed by atoms with Crippen LogP contribution >= 0.6 is 0 Å². The van der Waals surface area contributed by atoms with E-state index in [9.17, 15) is 4.79 Å². The zero-order chi connectivity index (χ0) is 17.7. The monoisotopic (exact) mass is 324 g/mol. The van der Waals surface area contributed by atoms with Crippen LogP contribution in [0.25, 0.3) is 0 Å².